The highest BCUT2D eigenvalue weighted by Gasteiger charge is 2.17. The van der Waals surface area contributed by atoms with Gasteiger partial charge in [0.05, 0.1) is 12.6 Å². The Labute approximate surface area is 135 Å². The van der Waals surface area contributed by atoms with E-state index in [0.29, 0.717) is 6.54 Å². The summed E-state index contributed by atoms with van der Waals surface area (Å²) in [5, 5.41) is 22.9. The molecule has 3 aromatic rings. The largest absolute Gasteiger partial charge is 0.358 e. The molecular formula is C14H13N7O3. The van der Waals surface area contributed by atoms with Crippen molar-refractivity contribution in [1.29, 1.82) is 0 Å². The van der Waals surface area contributed by atoms with Gasteiger partial charge in [-0.25, -0.2) is 9.67 Å². The summed E-state index contributed by atoms with van der Waals surface area (Å²) in [7, 11) is 0. The molecule has 0 unspecified atom stereocenters. The van der Waals surface area contributed by atoms with Gasteiger partial charge in [-0.3, -0.25) is 10.1 Å². The van der Waals surface area contributed by atoms with E-state index < -0.39 is 10.8 Å². The number of benzene rings is 1. The lowest BCUT2D eigenvalue weighted by molar-refractivity contribution is -0.389. The Morgan fingerprint density at radius 2 is 2.21 bits per heavy atom. The molecule has 0 spiro atoms. The van der Waals surface area contributed by atoms with Crippen LogP contribution in [0, 0.1) is 17.0 Å². The van der Waals surface area contributed by atoms with Gasteiger partial charge in [0, 0.05) is 0 Å². The van der Waals surface area contributed by atoms with Crippen molar-refractivity contribution < 1.29 is 9.72 Å². The summed E-state index contributed by atoms with van der Waals surface area (Å²) >= 11 is 0. The Morgan fingerprint density at radius 3 is 2.92 bits per heavy atom. The Hall–Kier alpha value is -3.56. The van der Waals surface area contributed by atoms with Crippen molar-refractivity contribution >= 4 is 17.7 Å². The van der Waals surface area contributed by atoms with Crippen LogP contribution in [-0.4, -0.2) is 35.8 Å². The average Bonchev–Trinajstić information content (AvgIpc) is 3.19. The van der Waals surface area contributed by atoms with Gasteiger partial charge in [-0.2, -0.15) is 0 Å². The molecule has 0 saturated heterocycles. The second kappa shape index (κ2) is 6.28. The second-order valence-electron chi connectivity index (χ2n) is 5.04. The Balaban J connectivity index is 1.68. The number of nitrogens with zero attached hydrogens (tertiary/aromatic N) is 5. The summed E-state index contributed by atoms with van der Waals surface area (Å²) in [5.41, 5.74) is 2.10. The van der Waals surface area contributed by atoms with Crippen LogP contribution in [0.5, 0.6) is 0 Å². The zero-order valence-corrected chi connectivity index (χ0v) is 12.6. The Kier molecular flexibility index (Phi) is 4.01. The third kappa shape index (κ3) is 3.27. The van der Waals surface area contributed by atoms with E-state index in [1.54, 1.807) is 4.68 Å². The quantitative estimate of drug-likeness (QED) is 0.539. The van der Waals surface area contributed by atoms with Gasteiger partial charge in [0.25, 0.3) is 5.91 Å². The SMILES string of the molecule is Cc1ccccc1Cn1cnc(NC(=O)c2cc([N+](=O)[O-])[nH]n2)n1. The molecule has 24 heavy (non-hydrogen) atoms. The molecule has 1 aromatic carbocycles. The highest BCUT2D eigenvalue weighted by atomic mass is 16.6. The van der Waals surface area contributed by atoms with Crippen molar-refractivity contribution in [3.05, 3.63) is 63.6 Å². The number of aromatic nitrogens is 5. The normalized spacial score (nSPS) is 10.5. The molecular weight excluding hydrogens is 314 g/mol. The minimum Gasteiger partial charge on any atom is -0.358 e. The van der Waals surface area contributed by atoms with Gasteiger partial charge >= 0.3 is 5.82 Å². The molecule has 0 aliphatic heterocycles. The molecule has 2 heterocycles. The summed E-state index contributed by atoms with van der Waals surface area (Å²) in [6.07, 6.45) is 1.50. The average molecular weight is 327 g/mol. The van der Waals surface area contributed by atoms with Crippen LogP contribution in [0.1, 0.15) is 21.6 Å². The van der Waals surface area contributed by atoms with Crippen LogP contribution in [0.2, 0.25) is 0 Å². The number of amides is 1. The van der Waals surface area contributed by atoms with Gasteiger partial charge in [-0.15, -0.1) is 10.2 Å². The van der Waals surface area contributed by atoms with Crippen LogP contribution in [-0.2, 0) is 6.54 Å². The monoisotopic (exact) mass is 327 g/mol. The van der Waals surface area contributed by atoms with Gasteiger partial charge in [-0.05, 0) is 23.0 Å². The molecule has 122 valence electrons. The number of nitrogens with one attached hydrogen (secondary N) is 2. The first-order valence-corrected chi connectivity index (χ1v) is 6.98. The van der Waals surface area contributed by atoms with E-state index in [-0.39, 0.29) is 17.5 Å². The number of carbonyl (C=O) groups is 1. The summed E-state index contributed by atoms with van der Waals surface area (Å²) in [6, 6.07) is 8.92. The number of aromatic amines is 1. The number of rotatable bonds is 5. The van der Waals surface area contributed by atoms with Crippen LogP contribution in [0.15, 0.2) is 36.7 Å². The summed E-state index contributed by atoms with van der Waals surface area (Å²) in [6.45, 7) is 2.52. The highest BCUT2D eigenvalue weighted by molar-refractivity contribution is 6.02. The lowest BCUT2D eigenvalue weighted by atomic mass is 10.1. The van der Waals surface area contributed by atoms with E-state index in [1.807, 2.05) is 31.2 Å². The minimum absolute atomic E-state index is 0.0965. The maximum absolute atomic E-state index is 12.0. The van der Waals surface area contributed by atoms with Crippen LogP contribution >= 0.6 is 0 Å². The molecule has 0 fully saturated rings. The first-order valence-electron chi connectivity index (χ1n) is 6.98. The van der Waals surface area contributed by atoms with Gasteiger partial charge in [0.15, 0.2) is 5.69 Å². The fourth-order valence-electron chi connectivity index (χ4n) is 2.08. The van der Waals surface area contributed by atoms with Crippen molar-refractivity contribution in [2.24, 2.45) is 0 Å². The zero-order chi connectivity index (χ0) is 17.1. The first kappa shape index (κ1) is 15.3. The molecule has 2 N–H and O–H groups in total. The van der Waals surface area contributed by atoms with Gasteiger partial charge in [-0.1, -0.05) is 29.4 Å². The molecule has 0 atom stereocenters. The Morgan fingerprint density at radius 1 is 1.42 bits per heavy atom. The molecule has 3 rings (SSSR count). The minimum atomic E-state index is -0.668. The number of anilines is 1. The molecule has 0 radical (unpaired) electrons. The third-order valence-corrected chi connectivity index (χ3v) is 3.35. The van der Waals surface area contributed by atoms with Gasteiger partial charge in [0.2, 0.25) is 5.95 Å². The molecule has 10 heteroatoms. The number of hydrogen-bond acceptors (Lipinski definition) is 6. The van der Waals surface area contributed by atoms with Crippen molar-refractivity contribution in [2.75, 3.05) is 5.32 Å². The van der Waals surface area contributed by atoms with E-state index in [9.17, 15) is 14.9 Å². The second-order valence-corrected chi connectivity index (χ2v) is 5.04. The Bertz CT molecular complexity index is 899. The van der Waals surface area contributed by atoms with E-state index >= 15 is 0 Å². The lowest BCUT2D eigenvalue weighted by Crippen LogP contribution is -2.14. The van der Waals surface area contributed by atoms with Crippen molar-refractivity contribution in [2.45, 2.75) is 13.5 Å². The molecule has 0 aliphatic rings. The van der Waals surface area contributed by atoms with Crippen LogP contribution in [0.25, 0.3) is 0 Å². The highest BCUT2D eigenvalue weighted by Crippen LogP contribution is 2.11. The smallest absolute Gasteiger partial charge is 0.343 e. The van der Waals surface area contributed by atoms with E-state index in [4.69, 9.17) is 0 Å². The maximum atomic E-state index is 12.0. The predicted octanol–water partition coefficient (Wildman–Crippen LogP) is 1.52. The van der Waals surface area contributed by atoms with E-state index in [0.717, 1.165) is 17.2 Å². The zero-order valence-electron chi connectivity index (χ0n) is 12.6. The lowest BCUT2D eigenvalue weighted by Gasteiger charge is -2.04. The fourth-order valence-corrected chi connectivity index (χ4v) is 2.08. The third-order valence-electron chi connectivity index (χ3n) is 3.35. The molecule has 2 aromatic heterocycles. The van der Waals surface area contributed by atoms with Crippen molar-refractivity contribution in [1.82, 2.24) is 25.0 Å². The standard InChI is InChI=1S/C14H13N7O3/c1-9-4-2-3-5-10(9)7-20-8-15-14(19-20)16-13(22)11-6-12(18-17-11)21(23)24/h2-6,8H,7H2,1H3,(H,17,18)(H,16,19,22). The van der Waals surface area contributed by atoms with Gasteiger partial charge < -0.3 is 10.1 Å². The van der Waals surface area contributed by atoms with Crippen molar-refractivity contribution in [3.8, 4) is 0 Å². The molecule has 0 bridgehead atoms. The maximum Gasteiger partial charge on any atom is 0.343 e. The molecule has 0 saturated carbocycles. The van der Waals surface area contributed by atoms with Crippen LogP contribution in [0.3, 0.4) is 0 Å². The number of hydrogen-bond donors (Lipinski definition) is 2. The van der Waals surface area contributed by atoms with Crippen molar-refractivity contribution in [3.63, 3.8) is 0 Å². The number of H-pyrrole nitrogens is 1. The van der Waals surface area contributed by atoms with E-state index in [1.165, 1.54) is 6.33 Å². The fraction of sp³-hybridized carbons (Fsp3) is 0.143. The number of nitro groups is 1. The first-order chi connectivity index (χ1) is 11.5. The summed E-state index contributed by atoms with van der Waals surface area (Å²) < 4.78 is 1.59. The molecule has 10 nitrogen and oxygen atoms in total. The van der Waals surface area contributed by atoms with Crippen LogP contribution < -0.4 is 5.32 Å². The summed E-state index contributed by atoms with van der Waals surface area (Å²) in [5.74, 6) is -0.898. The summed E-state index contributed by atoms with van der Waals surface area (Å²) in [4.78, 5) is 25.9. The number of aryl methyl sites for hydroxylation is 1. The van der Waals surface area contributed by atoms with Crippen LogP contribution in [0.4, 0.5) is 11.8 Å². The predicted molar refractivity (Wildman–Crippen MR) is 83.5 cm³/mol. The van der Waals surface area contributed by atoms with E-state index in [2.05, 4.69) is 25.6 Å². The molecule has 0 aliphatic carbocycles. The van der Waals surface area contributed by atoms with Gasteiger partial charge in [0.1, 0.15) is 6.33 Å². The number of carbonyl (C=O) groups excluding carboxylic acids is 1. The topological polar surface area (TPSA) is 132 Å². The molecule has 1 amide bonds.